The number of Topliss-reactive ketones (excluding diaryl/α,β-unsaturated/α-hetero) is 2. The number of hydrogen-bond acceptors (Lipinski definition) is 5. The largest absolute Gasteiger partial charge is 0.349 e. The Hall–Kier alpha value is -3.61. The number of para-hydroxylation sites is 1. The molecule has 3 aromatic carbocycles. The number of carbonyl (C=O) groups is 4. The average molecular weight is 486 g/mol. The molecule has 0 radical (unpaired) electrons. The van der Waals surface area contributed by atoms with Gasteiger partial charge in [0.1, 0.15) is 0 Å². The molecular formula is C28H20ClNO5. The van der Waals surface area contributed by atoms with Crippen molar-refractivity contribution in [2.75, 3.05) is 4.90 Å². The van der Waals surface area contributed by atoms with Crippen LogP contribution in [0.2, 0.25) is 5.02 Å². The van der Waals surface area contributed by atoms with Crippen molar-refractivity contribution >= 4 is 40.7 Å². The van der Waals surface area contributed by atoms with Crippen molar-refractivity contribution in [3.8, 4) is 0 Å². The number of imide groups is 1. The minimum Gasteiger partial charge on any atom is -0.349 e. The fourth-order valence-corrected chi connectivity index (χ4v) is 5.85. The molecule has 174 valence electrons. The lowest BCUT2D eigenvalue weighted by atomic mass is 9.77. The van der Waals surface area contributed by atoms with Crippen LogP contribution in [0.15, 0.2) is 66.7 Å². The van der Waals surface area contributed by atoms with Crippen LogP contribution in [0.5, 0.6) is 0 Å². The molecule has 2 saturated heterocycles. The van der Waals surface area contributed by atoms with Gasteiger partial charge in [-0.3, -0.25) is 19.2 Å². The van der Waals surface area contributed by atoms with E-state index in [-0.39, 0.29) is 21.8 Å². The molecule has 35 heavy (non-hydrogen) atoms. The number of rotatable bonds is 2. The van der Waals surface area contributed by atoms with Gasteiger partial charge in [0.2, 0.25) is 29.0 Å². The third-order valence-corrected chi connectivity index (χ3v) is 7.79. The van der Waals surface area contributed by atoms with Gasteiger partial charge in [0.25, 0.3) is 0 Å². The molecule has 3 aliphatic rings. The van der Waals surface area contributed by atoms with Gasteiger partial charge < -0.3 is 4.74 Å². The minimum atomic E-state index is -2.10. The summed E-state index contributed by atoms with van der Waals surface area (Å²) in [5, 5.41) is 0.222. The van der Waals surface area contributed by atoms with Gasteiger partial charge in [0.05, 0.1) is 28.6 Å². The summed E-state index contributed by atoms with van der Waals surface area (Å²) in [5.74, 6) is -4.71. The zero-order chi connectivity index (χ0) is 24.6. The monoisotopic (exact) mass is 485 g/mol. The van der Waals surface area contributed by atoms with Gasteiger partial charge in [-0.25, -0.2) is 4.90 Å². The quantitative estimate of drug-likeness (QED) is 0.390. The summed E-state index contributed by atoms with van der Waals surface area (Å²) in [4.78, 5) is 56.3. The maximum absolute atomic E-state index is 13.9. The summed E-state index contributed by atoms with van der Waals surface area (Å²) >= 11 is 6.35. The van der Waals surface area contributed by atoms with Crippen LogP contribution >= 0.6 is 11.6 Å². The molecule has 0 unspecified atom stereocenters. The van der Waals surface area contributed by atoms with Crippen LogP contribution < -0.4 is 4.90 Å². The Bertz CT molecular complexity index is 1440. The van der Waals surface area contributed by atoms with Crippen molar-refractivity contribution in [3.63, 3.8) is 0 Å². The molecule has 0 aromatic heterocycles. The highest BCUT2D eigenvalue weighted by atomic mass is 35.5. The first-order valence-electron chi connectivity index (χ1n) is 11.3. The number of aryl methyl sites for hydroxylation is 2. The summed E-state index contributed by atoms with van der Waals surface area (Å²) in [6.45, 7) is 3.89. The predicted octanol–water partition coefficient (Wildman–Crippen LogP) is 4.65. The van der Waals surface area contributed by atoms with E-state index in [9.17, 15) is 19.2 Å². The van der Waals surface area contributed by atoms with E-state index in [2.05, 4.69) is 0 Å². The summed E-state index contributed by atoms with van der Waals surface area (Å²) in [6, 6.07) is 18.5. The molecule has 6 rings (SSSR count). The normalized spacial score (nSPS) is 24.4. The molecule has 6 nitrogen and oxygen atoms in total. The third-order valence-electron chi connectivity index (χ3n) is 7.47. The Labute approximate surface area is 206 Å². The average Bonchev–Trinajstić information content (AvgIpc) is 3.41. The highest BCUT2D eigenvalue weighted by Gasteiger charge is 2.74. The van der Waals surface area contributed by atoms with Gasteiger partial charge in [-0.05, 0) is 42.7 Å². The minimum absolute atomic E-state index is 0.202. The van der Waals surface area contributed by atoms with Crippen LogP contribution in [0.25, 0.3) is 0 Å². The molecule has 2 amide bonds. The Kier molecular flexibility index (Phi) is 4.66. The lowest BCUT2D eigenvalue weighted by molar-refractivity contribution is -0.127. The van der Waals surface area contributed by atoms with Crippen LogP contribution in [0, 0.1) is 25.7 Å². The Morgan fingerprint density at radius 1 is 0.800 bits per heavy atom. The fraction of sp³-hybridized carbons (Fsp3) is 0.214. The summed E-state index contributed by atoms with van der Waals surface area (Å²) in [5.41, 5.74) is 1.18. The number of halogens is 1. The Morgan fingerprint density at radius 2 is 1.43 bits per heavy atom. The predicted molar refractivity (Wildman–Crippen MR) is 129 cm³/mol. The standard InChI is InChI=1S/C28H20ClNO5/c1-14-11-12-16(13-15(14)2)23-21-22(27(34)30(26(21)33)20-10-6-5-9-19(20)29)28(35-23)24(31)17-7-3-4-8-18(17)25(28)32/h3-13,21-23H,1-2H3/t21-,22-,23+/m1/s1. The van der Waals surface area contributed by atoms with E-state index >= 15 is 0 Å². The highest BCUT2D eigenvalue weighted by molar-refractivity contribution is 6.39. The van der Waals surface area contributed by atoms with E-state index in [0.29, 0.717) is 5.56 Å². The van der Waals surface area contributed by atoms with E-state index < -0.39 is 46.9 Å². The molecule has 1 aliphatic carbocycles. The molecule has 0 saturated carbocycles. The fourth-order valence-electron chi connectivity index (χ4n) is 5.63. The number of amides is 2. The van der Waals surface area contributed by atoms with Crippen molar-refractivity contribution < 1.29 is 23.9 Å². The molecule has 0 N–H and O–H groups in total. The molecule has 2 heterocycles. The second-order valence-electron chi connectivity index (χ2n) is 9.29. The van der Waals surface area contributed by atoms with Crippen LogP contribution in [0.3, 0.4) is 0 Å². The lowest BCUT2D eigenvalue weighted by Gasteiger charge is -2.27. The van der Waals surface area contributed by atoms with Crippen molar-refractivity contribution in [3.05, 3.63) is 99.6 Å². The van der Waals surface area contributed by atoms with E-state index in [1.807, 2.05) is 32.0 Å². The smallest absolute Gasteiger partial charge is 0.241 e. The SMILES string of the molecule is Cc1ccc([C@@H]2OC3(C(=O)c4ccccc4C3=O)[C@H]3C(=O)N(c4ccccc4Cl)C(=O)[C@@H]23)cc1C. The van der Waals surface area contributed by atoms with Gasteiger partial charge in [-0.15, -0.1) is 0 Å². The zero-order valence-corrected chi connectivity index (χ0v) is 19.7. The topological polar surface area (TPSA) is 80.8 Å². The van der Waals surface area contributed by atoms with Crippen molar-refractivity contribution in [2.45, 2.75) is 25.6 Å². The Balaban J connectivity index is 1.57. The van der Waals surface area contributed by atoms with Crippen molar-refractivity contribution in [1.29, 1.82) is 0 Å². The van der Waals surface area contributed by atoms with Gasteiger partial charge in [0.15, 0.2) is 0 Å². The van der Waals surface area contributed by atoms with E-state index in [4.69, 9.17) is 16.3 Å². The van der Waals surface area contributed by atoms with E-state index in [1.165, 1.54) is 0 Å². The highest BCUT2D eigenvalue weighted by Crippen LogP contribution is 2.58. The van der Waals surface area contributed by atoms with E-state index in [0.717, 1.165) is 16.0 Å². The maximum atomic E-state index is 13.9. The second-order valence-corrected chi connectivity index (χ2v) is 9.70. The molecular weight excluding hydrogens is 466 g/mol. The van der Waals surface area contributed by atoms with Crippen molar-refractivity contribution in [1.82, 2.24) is 0 Å². The van der Waals surface area contributed by atoms with Crippen LogP contribution in [0.1, 0.15) is 43.5 Å². The van der Waals surface area contributed by atoms with Crippen LogP contribution in [-0.4, -0.2) is 29.0 Å². The molecule has 3 atom stereocenters. The summed E-state index contributed by atoms with van der Waals surface area (Å²) in [7, 11) is 0. The number of benzene rings is 3. The molecule has 0 bridgehead atoms. The summed E-state index contributed by atoms with van der Waals surface area (Å²) < 4.78 is 6.32. The Morgan fingerprint density at radius 3 is 2.06 bits per heavy atom. The number of nitrogens with zero attached hydrogens (tertiary/aromatic N) is 1. The second kappa shape index (κ2) is 7.44. The molecule has 2 aliphatic heterocycles. The maximum Gasteiger partial charge on any atom is 0.241 e. The number of ketones is 2. The van der Waals surface area contributed by atoms with Gasteiger partial charge in [-0.1, -0.05) is 66.2 Å². The zero-order valence-electron chi connectivity index (χ0n) is 18.9. The first-order valence-corrected chi connectivity index (χ1v) is 11.7. The van der Waals surface area contributed by atoms with Gasteiger partial charge in [0, 0.05) is 11.1 Å². The molecule has 1 spiro atoms. The van der Waals surface area contributed by atoms with Gasteiger partial charge in [-0.2, -0.15) is 0 Å². The lowest BCUT2D eigenvalue weighted by Crippen LogP contribution is -2.51. The first-order chi connectivity index (χ1) is 16.8. The van der Waals surface area contributed by atoms with Crippen molar-refractivity contribution in [2.24, 2.45) is 11.8 Å². The number of fused-ring (bicyclic) bond motifs is 3. The van der Waals surface area contributed by atoms with Gasteiger partial charge >= 0.3 is 0 Å². The molecule has 3 aromatic rings. The van der Waals surface area contributed by atoms with Crippen LogP contribution in [-0.2, 0) is 14.3 Å². The molecule has 7 heteroatoms. The number of ether oxygens (including phenoxy) is 1. The first kappa shape index (κ1) is 21.9. The van der Waals surface area contributed by atoms with Crippen LogP contribution in [0.4, 0.5) is 5.69 Å². The number of anilines is 1. The number of hydrogen-bond donors (Lipinski definition) is 0. The summed E-state index contributed by atoms with van der Waals surface area (Å²) in [6.07, 6.45) is -0.953. The third kappa shape index (κ3) is 2.75. The molecule has 2 fully saturated rings. The van der Waals surface area contributed by atoms with E-state index in [1.54, 1.807) is 48.5 Å². The number of carbonyl (C=O) groups excluding carboxylic acids is 4.